The van der Waals surface area contributed by atoms with E-state index in [1.165, 1.54) is 5.56 Å². The Labute approximate surface area is 103 Å². The first kappa shape index (κ1) is 11.4. The SMILES string of the molecule is Cc1cc(-n2ccnc2CCN)ccc1Br. The molecular formula is C12H14BrN3. The zero-order chi connectivity index (χ0) is 11.5. The number of aryl methyl sites for hydroxylation is 1. The van der Waals surface area contributed by atoms with Gasteiger partial charge in [0.2, 0.25) is 0 Å². The molecule has 0 fully saturated rings. The number of aromatic nitrogens is 2. The van der Waals surface area contributed by atoms with Crippen molar-refractivity contribution >= 4 is 15.9 Å². The second kappa shape index (κ2) is 4.80. The molecule has 2 N–H and O–H groups in total. The van der Waals surface area contributed by atoms with Gasteiger partial charge < -0.3 is 10.3 Å². The van der Waals surface area contributed by atoms with E-state index in [0.29, 0.717) is 6.54 Å². The Kier molecular flexibility index (Phi) is 3.41. The summed E-state index contributed by atoms with van der Waals surface area (Å²) in [5.41, 5.74) is 7.90. The molecule has 0 aliphatic heterocycles. The van der Waals surface area contributed by atoms with Gasteiger partial charge in [-0.3, -0.25) is 0 Å². The molecule has 0 unspecified atom stereocenters. The molecule has 0 aliphatic rings. The average Bonchev–Trinajstić information content (AvgIpc) is 2.71. The van der Waals surface area contributed by atoms with Gasteiger partial charge in [0.1, 0.15) is 5.82 Å². The second-order valence-electron chi connectivity index (χ2n) is 3.69. The number of hydrogen-bond acceptors (Lipinski definition) is 2. The van der Waals surface area contributed by atoms with E-state index in [-0.39, 0.29) is 0 Å². The van der Waals surface area contributed by atoms with Crippen LogP contribution in [0.4, 0.5) is 0 Å². The first-order valence-electron chi connectivity index (χ1n) is 5.21. The molecule has 0 saturated carbocycles. The Hall–Kier alpha value is -1.13. The van der Waals surface area contributed by atoms with E-state index >= 15 is 0 Å². The maximum atomic E-state index is 5.56. The summed E-state index contributed by atoms with van der Waals surface area (Å²) in [6.07, 6.45) is 4.57. The number of rotatable bonds is 3. The van der Waals surface area contributed by atoms with Crippen molar-refractivity contribution < 1.29 is 0 Å². The summed E-state index contributed by atoms with van der Waals surface area (Å²) in [5, 5.41) is 0. The van der Waals surface area contributed by atoms with Crippen LogP contribution >= 0.6 is 15.9 Å². The molecule has 1 heterocycles. The van der Waals surface area contributed by atoms with Crippen molar-refractivity contribution in [1.29, 1.82) is 0 Å². The van der Waals surface area contributed by atoms with Gasteiger partial charge in [-0.25, -0.2) is 4.98 Å². The van der Waals surface area contributed by atoms with Gasteiger partial charge in [0, 0.05) is 29.0 Å². The Morgan fingerprint density at radius 2 is 2.25 bits per heavy atom. The lowest BCUT2D eigenvalue weighted by Gasteiger charge is -2.08. The standard InChI is InChI=1S/C12H14BrN3/c1-9-8-10(2-3-11(9)13)16-7-6-15-12(16)4-5-14/h2-3,6-8H,4-5,14H2,1H3. The van der Waals surface area contributed by atoms with Gasteiger partial charge in [0.15, 0.2) is 0 Å². The topological polar surface area (TPSA) is 43.8 Å². The smallest absolute Gasteiger partial charge is 0.114 e. The van der Waals surface area contributed by atoms with Gasteiger partial charge in [-0.15, -0.1) is 0 Å². The average molecular weight is 280 g/mol. The minimum Gasteiger partial charge on any atom is -0.330 e. The molecule has 84 valence electrons. The molecule has 0 aliphatic carbocycles. The normalized spacial score (nSPS) is 10.7. The number of imidazole rings is 1. The third-order valence-electron chi connectivity index (χ3n) is 2.51. The number of nitrogens with zero attached hydrogens (tertiary/aromatic N) is 2. The zero-order valence-electron chi connectivity index (χ0n) is 9.15. The molecule has 1 aromatic heterocycles. The van der Waals surface area contributed by atoms with E-state index in [1.807, 2.05) is 12.4 Å². The Morgan fingerprint density at radius 3 is 2.94 bits per heavy atom. The molecule has 3 nitrogen and oxygen atoms in total. The van der Waals surface area contributed by atoms with Crippen molar-refractivity contribution in [2.75, 3.05) is 6.54 Å². The summed E-state index contributed by atoms with van der Waals surface area (Å²) < 4.78 is 3.20. The van der Waals surface area contributed by atoms with E-state index in [1.54, 1.807) is 0 Å². The van der Waals surface area contributed by atoms with Crippen LogP contribution in [0.5, 0.6) is 0 Å². The number of nitrogens with two attached hydrogens (primary N) is 1. The highest BCUT2D eigenvalue weighted by Crippen LogP contribution is 2.20. The fraction of sp³-hybridized carbons (Fsp3) is 0.250. The molecule has 0 bridgehead atoms. The van der Waals surface area contributed by atoms with Crippen LogP contribution in [0.15, 0.2) is 35.1 Å². The minimum atomic E-state index is 0.618. The Bertz CT molecular complexity index is 491. The summed E-state index contributed by atoms with van der Waals surface area (Å²) in [6.45, 7) is 2.69. The number of hydrogen-bond donors (Lipinski definition) is 1. The van der Waals surface area contributed by atoms with Gasteiger partial charge in [-0.05, 0) is 37.2 Å². The summed E-state index contributed by atoms with van der Waals surface area (Å²) in [4.78, 5) is 4.31. The van der Waals surface area contributed by atoms with Gasteiger partial charge in [0.25, 0.3) is 0 Å². The summed E-state index contributed by atoms with van der Waals surface area (Å²) >= 11 is 3.50. The fourth-order valence-corrected chi connectivity index (χ4v) is 1.91. The third kappa shape index (κ3) is 2.18. The molecule has 2 rings (SSSR count). The van der Waals surface area contributed by atoms with Gasteiger partial charge in [0.05, 0.1) is 0 Å². The highest BCUT2D eigenvalue weighted by Gasteiger charge is 2.05. The van der Waals surface area contributed by atoms with Crippen LogP contribution in [0.2, 0.25) is 0 Å². The Morgan fingerprint density at radius 1 is 1.44 bits per heavy atom. The monoisotopic (exact) mass is 279 g/mol. The van der Waals surface area contributed by atoms with Crippen molar-refractivity contribution in [3.63, 3.8) is 0 Å². The van der Waals surface area contributed by atoms with Gasteiger partial charge in [-0.1, -0.05) is 15.9 Å². The molecular weight excluding hydrogens is 266 g/mol. The molecule has 0 saturated heterocycles. The first-order chi connectivity index (χ1) is 7.72. The van der Waals surface area contributed by atoms with Crippen molar-refractivity contribution in [2.45, 2.75) is 13.3 Å². The highest BCUT2D eigenvalue weighted by atomic mass is 79.9. The maximum absolute atomic E-state index is 5.56. The fourth-order valence-electron chi connectivity index (χ4n) is 1.66. The van der Waals surface area contributed by atoms with Crippen LogP contribution in [0.25, 0.3) is 5.69 Å². The largest absolute Gasteiger partial charge is 0.330 e. The van der Waals surface area contributed by atoms with Crippen LogP contribution in [-0.4, -0.2) is 16.1 Å². The van der Waals surface area contributed by atoms with Crippen LogP contribution in [-0.2, 0) is 6.42 Å². The molecule has 0 atom stereocenters. The van der Waals surface area contributed by atoms with E-state index < -0.39 is 0 Å². The molecule has 1 aromatic carbocycles. The second-order valence-corrected chi connectivity index (χ2v) is 4.54. The lowest BCUT2D eigenvalue weighted by molar-refractivity contribution is 0.836. The minimum absolute atomic E-state index is 0.618. The first-order valence-corrected chi connectivity index (χ1v) is 6.00. The summed E-state index contributed by atoms with van der Waals surface area (Å²) in [6, 6.07) is 6.25. The predicted molar refractivity (Wildman–Crippen MR) is 68.8 cm³/mol. The van der Waals surface area contributed by atoms with E-state index in [0.717, 1.165) is 22.4 Å². The number of halogens is 1. The maximum Gasteiger partial charge on any atom is 0.114 e. The predicted octanol–water partition coefficient (Wildman–Crippen LogP) is 2.44. The quantitative estimate of drug-likeness (QED) is 0.938. The third-order valence-corrected chi connectivity index (χ3v) is 3.39. The molecule has 0 radical (unpaired) electrons. The van der Waals surface area contributed by atoms with Crippen molar-refractivity contribution in [1.82, 2.24) is 9.55 Å². The summed E-state index contributed by atoms with van der Waals surface area (Å²) in [7, 11) is 0. The Balaban J connectivity index is 2.42. The molecule has 4 heteroatoms. The summed E-state index contributed by atoms with van der Waals surface area (Å²) in [5.74, 6) is 1.00. The van der Waals surface area contributed by atoms with E-state index in [9.17, 15) is 0 Å². The van der Waals surface area contributed by atoms with E-state index in [2.05, 4.69) is 50.6 Å². The van der Waals surface area contributed by atoms with Crippen LogP contribution in [0.3, 0.4) is 0 Å². The van der Waals surface area contributed by atoms with Crippen molar-refractivity contribution in [2.24, 2.45) is 5.73 Å². The lowest BCUT2D eigenvalue weighted by atomic mass is 10.2. The van der Waals surface area contributed by atoms with Gasteiger partial charge in [-0.2, -0.15) is 0 Å². The van der Waals surface area contributed by atoms with Crippen LogP contribution in [0, 0.1) is 6.92 Å². The van der Waals surface area contributed by atoms with Crippen molar-refractivity contribution in [3.8, 4) is 5.69 Å². The number of benzene rings is 1. The molecule has 0 spiro atoms. The molecule has 16 heavy (non-hydrogen) atoms. The van der Waals surface area contributed by atoms with Crippen LogP contribution in [0.1, 0.15) is 11.4 Å². The molecule has 0 amide bonds. The highest BCUT2D eigenvalue weighted by molar-refractivity contribution is 9.10. The zero-order valence-corrected chi connectivity index (χ0v) is 10.7. The van der Waals surface area contributed by atoms with Gasteiger partial charge >= 0.3 is 0 Å². The molecule has 2 aromatic rings. The lowest BCUT2D eigenvalue weighted by Crippen LogP contribution is -2.08. The van der Waals surface area contributed by atoms with Crippen LogP contribution < -0.4 is 5.73 Å². The van der Waals surface area contributed by atoms with Crippen molar-refractivity contribution in [3.05, 3.63) is 46.5 Å². The van der Waals surface area contributed by atoms with E-state index in [4.69, 9.17) is 5.73 Å².